The van der Waals surface area contributed by atoms with Gasteiger partial charge in [0.15, 0.2) is 18.9 Å². The molecule has 9 rings (SSSR count). The summed E-state index contributed by atoms with van der Waals surface area (Å²) in [6.07, 6.45) is -16.3. The summed E-state index contributed by atoms with van der Waals surface area (Å²) in [5.41, 5.74) is -3.88. The summed E-state index contributed by atoms with van der Waals surface area (Å²) >= 11 is 0. The lowest BCUT2D eigenvalue weighted by Crippen LogP contribution is -2.65. The van der Waals surface area contributed by atoms with Gasteiger partial charge < -0.3 is 94.4 Å². The molecule has 19 heteroatoms. The van der Waals surface area contributed by atoms with Crippen molar-refractivity contribution in [2.24, 2.45) is 44.8 Å². The Bertz CT molecular complexity index is 1770. The average molecular weight is 947 g/mol. The molecule has 0 bridgehead atoms. The van der Waals surface area contributed by atoms with E-state index in [-0.39, 0.29) is 35.2 Å². The van der Waals surface area contributed by atoms with Gasteiger partial charge >= 0.3 is 0 Å². The van der Waals surface area contributed by atoms with E-state index in [2.05, 4.69) is 34.6 Å². The van der Waals surface area contributed by atoms with Gasteiger partial charge in [-0.1, -0.05) is 27.7 Å². The lowest BCUT2D eigenvalue weighted by atomic mass is 9.41. The van der Waals surface area contributed by atoms with Crippen molar-refractivity contribution in [1.82, 2.24) is 0 Å². The van der Waals surface area contributed by atoms with Crippen LogP contribution < -0.4 is 0 Å². The molecule has 19 nitrogen and oxygen atoms in total. The Morgan fingerprint density at radius 1 is 0.591 bits per heavy atom. The number of fused-ring (bicyclic) bond motifs is 2. The molecule has 0 aromatic rings. The Labute approximate surface area is 386 Å². The van der Waals surface area contributed by atoms with Crippen molar-refractivity contribution in [2.75, 3.05) is 19.8 Å². The molecule has 5 aliphatic carbocycles. The van der Waals surface area contributed by atoms with Crippen molar-refractivity contribution in [1.29, 1.82) is 0 Å². The SMILES string of the molecule is CC(C)(O[C@@H]1O[C@@H](CO)[C@H](O)[C@H](O)[C@@H]1O)[C@@H]1CC[C@](C)([C@@H]2[C@@H](O)C[C@@]3(C)[C@@H]4C[C@H](O[C@H]5O[C@@H](CO)[C@H](O)[C@@H](O)[C@@H]5O)[C@@H]5C(C)(C)[C@H](O[C@@H]6OC[C@@H](O)[C@H](O)[C@H]6O)CC[C@@]56C[C@@]46CC[C@]23C)O1. The molecule has 0 radical (unpaired) electrons. The molecule has 0 amide bonds. The lowest BCUT2D eigenvalue weighted by Gasteiger charge is -2.65. The molecule has 9 aliphatic rings. The first-order valence-corrected chi connectivity index (χ1v) is 24.4. The van der Waals surface area contributed by atoms with Crippen LogP contribution in [0.3, 0.4) is 0 Å². The number of hydrogen-bond donors (Lipinski definition) is 12. The molecule has 0 aromatic heterocycles. The van der Waals surface area contributed by atoms with Crippen molar-refractivity contribution >= 4 is 0 Å². The predicted molar refractivity (Wildman–Crippen MR) is 226 cm³/mol. The van der Waals surface area contributed by atoms with Gasteiger partial charge in [-0.25, -0.2) is 0 Å². The van der Waals surface area contributed by atoms with E-state index >= 15 is 0 Å². The first-order chi connectivity index (χ1) is 30.8. The lowest BCUT2D eigenvalue weighted by molar-refractivity contribution is -0.339. The minimum absolute atomic E-state index is 0.00898. The van der Waals surface area contributed by atoms with E-state index in [0.29, 0.717) is 32.1 Å². The Kier molecular flexibility index (Phi) is 12.9. The molecular formula is C47H78O19. The summed E-state index contributed by atoms with van der Waals surface area (Å²) < 4.78 is 44.3. The highest BCUT2D eigenvalue weighted by molar-refractivity contribution is 5.33. The maximum Gasteiger partial charge on any atom is 0.187 e. The monoisotopic (exact) mass is 947 g/mol. The first kappa shape index (κ1) is 50.2. The zero-order valence-electron chi connectivity index (χ0n) is 39.3. The third-order valence-electron chi connectivity index (χ3n) is 19.9. The maximum absolute atomic E-state index is 12.5. The molecule has 4 aliphatic heterocycles. The predicted octanol–water partition coefficient (Wildman–Crippen LogP) is -1.45. The zero-order valence-corrected chi connectivity index (χ0v) is 39.3. The summed E-state index contributed by atoms with van der Waals surface area (Å²) in [4.78, 5) is 0. The van der Waals surface area contributed by atoms with Gasteiger partial charge in [-0.15, -0.1) is 0 Å². The summed E-state index contributed by atoms with van der Waals surface area (Å²) in [6.45, 7) is 13.0. The van der Waals surface area contributed by atoms with E-state index in [4.69, 9.17) is 33.2 Å². The van der Waals surface area contributed by atoms with Gasteiger partial charge in [0.1, 0.15) is 67.1 Å². The Hall–Kier alpha value is -0.760. The quantitative estimate of drug-likeness (QED) is 0.112. The fourth-order valence-corrected chi connectivity index (χ4v) is 16.4. The second kappa shape index (κ2) is 16.9. The molecular weight excluding hydrogens is 868 g/mol. The Morgan fingerprint density at radius 3 is 1.83 bits per heavy atom. The highest BCUT2D eigenvalue weighted by atomic mass is 16.7. The fourth-order valence-electron chi connectivity index (χ4n) is 16.4. The summed E-state index contributed by atoms with van der Waals surface area (Å²) in [6, 6.07) is 0. The van der Waals surface area contributed by atoms with E-state index in [1.54, 1.807) is 0 Å². The van der Waals surface area contributed by atoms with Gasteiger partial charge in [0.05, 0.1) is 55.4 Å². The minimum atomic E-state index is -1.65. The van der Waals surface area contributed by atoms with Gasteiger partial charge in [0.2, 0.25) is 0 Å². The third kappa shape index (κ3) is 7.22. The second-order valence-corrected chi connectivity index (χ2v) is 23.8. The van der Waals surface area contributed by atoms with E-state index in [0.717, 1.165) is 25.7 Å². The van der Waals surface area contributed by atoms with Crippen LogP contribution >= 0.6 is 0 Å². The average Bonchev–Trinajstić information content (AvgIpc) is 3.63. The van der Waals surface area contributed by atoms with E-state index in [1.165, 1.54) is 0 Å². The number of aliphatic hydroxyl groups excluding tert-OH is 12. The Morgan fingerprint density at radius 2 is 1.20 bits per heavy atom. The van der Waals surface area contributed by atoms with Crippen molar-refractivity contribution < 1.29 is 94.4 Å². The van der Waals surface area contributed by atoms with Gasteiger partial charge in [-0.05, 0) is 117 Å². The molecule has 0 aromatic carbocycles. The van der Waals surface area contributed by atoms with Crippen molar-refractivity contribution in [2.45, 2.75) is 228 Å². The van der Waals surface area contributed by atoms with E-state index < -0.39 is 151 Å². The smallest absolute Gasteiger partial charge is 0.187 e. The third-order valence-corrected chi connectivity index (χ3v) is 19.9. The molecule has 26 atom stereocenters. The molecule has 2 spiro atoms. The molecule has 9 fully saturated rings. The molecule has 66 heavy (non-hydrogen) atoms. The minimum Gasteiger partial charge on any atom is -0.394 e. The number of ether oxygens (including phenoxy) is 7. The number of rotatable bonds is 10. The molecule has 380 valence electrons. The molecule has 5 saturated carbocycles. The molecule has 12 N–H and O–H groups in total. The van der Waals surface area contributed by atoms with E-state index in [9.17, 15) is 61.3 Å². The molecule has 4 saturated heterocycles. The van der Waals surface area contributed by atoms with Crippen molar-refractivity contribution in [3.05, 3.63) is 0 Å². The van der Waals surface area contributed by atoms with Crippen molar-refractivity contribution in [3.63, 3.8) is 0 Å². The van der Waals surface area contributed by atoms with Gasteiger partial charge in [-0.3, -0.25) is 0 Å². The van der Waals surface area contributed by atoms with Crippen LogP contribution in [0.1, 0.15) is 106 Å². The van der Waals surface area contributed by atoms with Crippen LogP contribution in [0.5, 0.6) is 0 Å². The molecule has 4 heterocycles. The number of hydrogen-bond acceptors (Lipinski definition) is 19. The summed E-state index contributed by atoms with van der Waals surface area (Å²) in [5, 5.41) is 129. The largest absolute Gasteiger partial charge is 0.394 e. The van der Waals surface area contributed by atoms with E-state index in [1.807, 2.05) is 13.8 Å². The summed E-state index contributed by atoms with van der Waals surface area (Å²) in [7, 11) is 0. The van der Waals surface area contributed by atoms with Crippen LogP contribution in [0.15, 0.2) is 0 Å². The first-order valence-electron chi connectivity index (χ1n) is 24.4. The van der Waals surface area contributed by atoms with Crippen molar-refractivity contribution in [3.8, 4) is 0 Å². The van der Waals surface area contributed by atoms with Crippen LogP contribution in [-0.4, -0.2) is 203 Å². The maximum atomic E-state index is 12.5. The Balaban J connectivity index is 1.01. The standard InChI is InChI=1S/C47H78O19/c1-41(2)26(64-38-33(57)28(52)21(51)18-60-38)9-11-47-19-46(47)13-12-43(5)36(45(7)10-8-27(65-45)42(3,4)66-40-35(59)32(56)30(54)24(17-49)63-40)20(50)15-44(43,6)25(46)14-22(37(41)47)61-39-34(58)31(55)29(53)23(16-48)62-39/h20-40,48-59H,8-19H2,1-7H3/t20-,21+,22-,23-,24-,25-,26+,27-,28-,29-,30-,31+,32-,33+,34-,35-,36+,37+,38-,39-,40-,43+,44-,45+,46-,47+/m0/s1. The van der Waals surface area contributed by atoms with Crippen LogP contribution in [0, 0.1) is 44.8 Å². The van der Waals surface area contributed by atoms with Crippen LogP contribution in [-0.2, 0) is 33.2 Å². The van der Waals surface area contributed by atoms with Gasteiger partial charge in [0.25, 0.3) is 0 Å². The second-order valence-electron chi connectivity index (χ2n) is 23.8. The van der Waals surface area contributed by atoms with Gasteiger partial charge in [0, 0.05) is 5.92 Å². The highest BCUT2D eigenvalue weighted by Gasteiger charge is 2.85. The zero-order chi connectivity index (χ0) is 48.1. The van der Waals surface area contributed by atoms with Crippen LogP contribution in [0.4, 0.5) is 0 Å². The summed E-state index contributed by atoms with van der Waals surface area (Å²) in [5.74, 6) is -0.523. The van der Waals surface area contributed by atoms with Crippen LogP contribution in [0.25, 0.3) is 0 Å². The van der Waals surface area contributed by atoms with Gasteiger partial charge in [-0.2, -0.15) is 0 Å². The highest BCUT2D eigenvalue weighted by Crippen LogP contribution is 2.89. The number of aliphatic hydroxyl groups is 12. The fraction of sp³-hybridized carbons (Fsp3) is 1.00. The normalized spacial score (nSPS) is 58.0. The topological polar surface area (TPSA) is 307 Å². The van der Waals surface area contributed by atoms with Crippen LogP contribution in [0.2, 0.25) is 0 Å². The molecule has 0 unspecified atom stereocenters.